The highest BCUT2D eigenvalue weighted by Gasteiger charge is 2.11. The molecule has 0 saturated carbocycles. The highest BCUT2D eigenvalue weighted by atomic mass is 16.5. The Morgan fingerprint density at radius 2 is 1.08 bits per heavy atom. The first kappa shape index (κ1) is 28.1. The summed E-state index contributed by atoms with van der Waals surface area (Å²) in [6.07, 6.45) is 19.6. The van der Waals surface area contributed by atoms with E-state index in [1.54, 1.807) is 24.3 Å². The second kappa shape index (κ2) is 14.9. The third kappa shape index (κ3) is 8.54. The summed E-state index contributed by atoms with van der Waals surface area (Å²) in [5.41, 5.74) is 4.49. The lowest BCUT2D eigenvalue weighted by Crippen LogP contribution is -2.08. The molecule has 0 aliphatic rings. The summed E-state index contributed by atoms with van der Waals surface area (Å²) in [4.78, 5) is 30.6. The van der Waals surface area contributed by atoms with Crippen LogP contribution in [0.25, 0.3) is 22.8 Å². The smallest absolute Gasteiger partial charge is 0.343 e. The molecular formula is C33H38N4O2. The van der Waals surface area contributed by atoms with E-state index in [1.165, 1.54) is 50.5 Å². The maximum absolute atomic E-state index is 12.7. The van der Waals surface area contributed by atoms with E-state index in [0.29, 0.717) is 23.0 Å². The summed E-state index contributed by atoms with van der Waals surface area (Å²) in [5.74, 6) is 1.35. The molecule has 0 radical (unpaired) electrons. The number of benzene rings is 2. The Morgan fingerprint density at radius 3 is 1.62 bits per heavy atom. The van der Waals surface area contributed by atoms with Gasteiger partial charge in [-0.1, -0.05) is 70.9 Å². The number of aryl methyl sites for hydroxylation is 2. The van der Waals surface area contributed by atoms with Gasteiger partial charge in [-0.25, -0.2) is 24.7 Å². The minimum atomic E-state index is -0.416. The van der Waals surface area contributed by atoms with Gasteiger partial charge in [0.05, 0.1) is 5.56 Å². The van der Waals surface area contributed by atoms with Crippen LogP contribution in [0.3, 0.4) is 0 Å². The number of rotatable bonds is 14. The van der Waals surface area contributed by atoms with E-state index in [1.807, 2.05) is 49.1 Å². The van der Waals surface area contributed by atoms with E-state index >= 15 is 0 Å². The van der Waals surface area contributed by atoms with Gasteiger partial charge in [-0.3, -0.25) is 0 Å². The van der Waals surface area contributed by atoms with Gasteiger partial charge in [-0.15, -0.1) is 0 Å². The van der Waals surface area contributed by atoms with Crippen LogP contribution in [0.2, 0.25) is 0 Å². The fraction of sp³-hybridized carbons (Fsp3) is 0.364. The molecule has 6 heteroatoms. The van der Waals surface area contributed by atoms with Crippen LogP contribution in [0, 0.1) is 0 Å². The maximum atomic E-state index is 12.7. The Kier molecular flexibility index (Phi) is 10.7. The molecule has 0 atom stereocenters. The highest BCUT2D eigenvalue weighted by Crippen LogP contribution is 2.21. The van der Waals surface area contributed by atoms with Crippen molar-refractivity contribution in [1.29, 1.82) is 0 Å². The van der Waals surface area contributed by atoms with Gasteiger partial charge in [0, 0.05) is 35.9 Å². The Bertz CT molecular complexity index is 1290. The highest BCUT2D eigenvalue weighted by molar-refractivity contribution is 5.91. The first-order valence-electron chi connectivity index (χ1n) is 14.2. The van der Waals surface area contributed by atoms with E-state index in [0.717, 1.165) is 36.0 Å². The predicted octanol–water partition coefficient (Wildman–Crippen LogP) is 8.07. The fourth-order valence-corrected chi connectivity index (χ4v) is 4.43. The van der Waals surface area contributed by atoms with Crippen LogP contribution in [0.4, 0.5) is 0 Å². The predicted molar refractivity (Wildman–Crippen MR) is 156 cm³/mol. The molecule has 4 aromatic rings. The molecule has 2 aromatic heterocycles. The Morgan fingerprint density at radius 1 is 0.590 bits per heavy atom. The minimum Gasteiger partial charge on any atom is -0.423 e. The van der Waals surface area contributed by atoms with E-state index < -0.39 is 5.97 Å². The van der Waals surface area contributed by atoms with Gasteiger partial charge >= 0.3 is 5.97 Å². The second-order valence-corrected chi connectivity index (χ2v) is 9.94. The number of esters is 1. The number of carbonyl (C=O) groups excluding carboxylic acids is 1. The zero-order chi connectivity index (χ0) is 27.3. The Labute approximate surface area is 232 Å². The first-order valence-corrected chi connectivity index (χ1v) is 14.2. The average molecular weight is 523 g/mol. The zero-order valence-electron chi connectivity index (χ0n) is 23.1. The normalized spacial score (nSPS) is 10.9. The van der Waals surface area contributed by atoms with E-state index in [9.17, 15) is 4.79 Å². The molecule has 0 N–H and O–H groups in total. The topological polar surface area (TPSA) is 77.9 Å². The third-order valence-electron chi connectivity index (χ3n) is 6.72. The van der Waals surface area contributed by atoms with Gasteiger partial charge in [0.15, 0.2) is 11.6 Å². The lowest BCUT2D eigenvalue weighted by atomic mass is 10.1. The average Bonchev–Trinajstić information content (AvgIpc) is 2.98. The van der Waals surface area contributed by atoms with Crippen molar-refractivity contribution in [3.63, 3.8) is 0 Å². The minimum absolute atomic E-state index is 0.416. The lowest BCUT2D eigenvalue weighted by Gasteiger charge is -2.07. The monoisotopic (exact) mass is 522 g/mol. The molecule has 0 fully saturated rings. The number of aromatic nitrogens is 4. The van der Waals surface area contributed by atoms with Crippen LogP contribution < -0.4 is 4.74 Å². The summed E-state index contributed by atoms with van der Waals surface area (Å²) in [6.45, 7) is 4.38. The van der Waals surface area contributed by atoms with Crippen LogP contribution in [0.1, 0.15) is 86.7 Å². The van der Waals surface area contributed by atoms with Crippen LogP contribution in [-0.2, 0) is 12.8 Å². The number of hydrogen-bond acceptors (Lipinski definition) is 6. The molecule has 0 amide bonds. The molecule has 4 rings (SSSR count). The Hall–Kier alpha value is -3.93. The lowest BCUT2D eigenvalue weighted by molar-refractivity contribution is 0.0735. The maximum Gasteiger partial charge on any atom is 0.343 e. The van der Waals surface area contributed by atoms with Crippen molar-refractivity contribution in [2.45, 2.75) is 78.1 Å². The van der Waals surface area contributed by atoms with Crippen LogP contribution in [0.15, 0.2) is 73.3 Å². The van der Waals surface area contributed by atoms with Crippen molar-refractivity contribution in [3.05, 3.63) is 90.0 Å². The van der Waals surface area contributed by atoms with Gasteiger partial charge < -0.3 is 4.74 Å². The quantitative estimate of drug-likeness (QED) is 0.0946. The fourth-order valence-electron chi connectivity index (χ4n) is 4.43. The number of hydrogen-bond donors (Lipinski definition) is 0. The second-order valence-electron chi connectivity index (χ2n) is 9.94. The molecule has 0 aliphatic heterocycles. The molecule has 0 bridgehead atoms. The zero-order valence-corrected chi connectivity index (χ0v) is 23.1. The molecule has 202 valence electrons. The molecule has 2 heterocycles. The summed E-state index contributed by atoms with van der Waals surface area (Å²) < 4.78 is 5.57. The number of nitrogens with zero attached hydrogens (tertiary/aromatic N) is 4. The van der Waals surface area contributed by atoms with Gasteiger partial charge in [-0.05, 0) is 66.8 Å². The van der Waals surface area contributed by atoms with Crippen molar-refractivity contribution in [2.24, 2.45) is 0 Å². The van der Waals surface area contributed by atoms with E-state index in [-0.39, 0.29) is 0 Å². The number of ether oxygens (including phenoxy) is 1. The summed E-state index contributed by atoms with van der Waals surface area (Å²) in [5, 5.41) is 0. The molecular weight excluding hydrogens is 484 g/mol. The van der Waals surface area contributed by atoms with Crippen LogP contribution in [-0.4, -0.2) is 25.9 Å². The van der Waals surface area contributed by atoms with Gasteiger partial charge in [0.2, 0.25) is 0 Å². The standard InChI is InChI=1S/C33H38N4O2/c1-3-5-6-7-8-9-10-12-26-23-36-31(37-24-26)27-13-15-29(16-14-27)33(38)39-30-19-17-28(18-20-30)32-34-21-25(11-4-2)22-35-32/h13-24H,3-12H2,1-2H3. The molecule has 0 unspecified atom stereocenters. The molecule has 39 heavy (non-hydrogen) atoms. The van der Waals surface area contributed by atoms with Crippen molar-refractivity contribution in [1.82, 2.24) is 19.9 Å². The van der Waals surface area contributed by atoms with Crippen molar-refractivity contribution >= 4 is 5.97 Å². The van der Waals surface area contributed by atoms with Gasteiger partial charge in [0.25, 0.3) is 0 Å². The molecule has 0 spiro atoms. The summed E-state index contributed by atoms with van der Waals surface area (Å²) in [7, 11) is 0. The van der Waals surface area contributed by atoms with Crippen LogP contribution in [0.5, 0.6) is 5.75 Å². The van der Waals surface area contributed by atoms with Crippen molar-refractivity contribution in [2.75, 3.05) is 0 Å². The summed E-state index contributed by atoms with van der Waals surface area (Å²) in [6, 6.07) is 14.4. The van der Waals surface area contributed by atoms with Gasteiger partial charge in [0.1, 0.15) is 5.75 Å². The molecule has 2 aromatic carbocycles. The third-order valence-corrected chi connectivity index (χ3v) is 6.72. The summed E-state index contributed by atoms with van der Waals surface area (Å²) >= 11 is 0. The molecule has 0 aliphatic carbocycles. The first-order chi connectivity index (χ1) is 19.2. The SMILES string of the molecule is CCCCCCCCCc1cnc(-c2ccc(C(=O)Oc3ccc(-c4ncc(CCC)cn4)cc3)cc2)nc1. The largest absolute Gasteiger partial charge is 0.423 e. The van der Waals surface area contributed by atoms with Crippen molar-refractivity contribution < 1.29 is 9.53 Å². The van der Waals surface area contributed by atoms with Crippen LogP contribution >= 0.6 is 0 Å². The molecule has 6 nitrogen and oxygen atoms in total. The van der Waals surface area contributed by atoms with E-state index in [4.69, 9.17) is 4.74 Å². The van der Waals surface area contributed by atoms with Gasteiger partial charge in [-0.2, -0.15) is 0 Å². The van der Waals surface area contributed by atoms with Crippen molar-refractivity contribution in [3.8, 4) is 28.5 Å². The Balaban J connectivity index is 1.27. The number of carbonyl (C=O) groups is 1. The molecule has 0 saturated heterocycles. The van der Waals surface area contributed by atoms with E-state index in [2.05, 4.69) is 33.8 Å². The number of unbranched alkanes of at least 4 members (excludes halogenated alkanes) is 6.